The highest BCUT2D eigenvalue weighted by atomic mass is 32.2. The molecule has 6 nitrogen and oxygen atoms in total. The van der Waals surface area contributed by atoms with Crippen molar-refractivity contribution in [3.63, 3.8) is 0 Å². The molecule has 118 valence electrons. The monoisotopic (exact) mass is 321 g/mol. The Morgan fingerprint density at radius 2 is 2.14 bits per heavy atom. The van der Waals surface area contributed by atoms with Gasteiger partial charge >= 0.3 is 0 Å². The van der Waals surface area contributed by atoms with Crippen molar-refractivity contribution in [1.29, 1.82) is 0 Å². The molecule has 2 rings (SSSR count). The summed E-state index contributed by atoms with van der Waals surface area (Å²) in [6, 6.07) is 7.59. The van der Waals surface area contributed by atoms with Gasteiger partial charge in [-0.3, -0.25) is 9.48 Å². The van der Waals surface area contributed by atoms with E-state index in [0.717, 1.165) is 10.5 Å². The zero-order chi connectivity index (χ0) is 16.1. The topological polar surface area (TPSA) is 76.4 Å². The highest BCUT2D eigenvalue weighted by molar-refractivity contribution is 7.98. The molecule has 2 N–H and O–H groups in total. The van der Waals surface area contributed by atoms with Gasteiger partial charge in [-0.25, -0.2) is 0 Å². The molecule has 0 spiro atoms. The summed E-state index contributed by atoms with van der Waals surface area (Å²) in [5.41, 5.74) is 1.10. The first-order chi connectivity index (χ1) is 10.5. The maximum atomic E-state index is 12.1. The predicted molar refractivity (Wildman–Crippen MR) is 85.3 cm³/mol. The summed E-state index contributed by atoms with van der Waals surface area (Å²) in [4.78, 5) is 13.2. The summed E-state index contributed by atoms with van der Waals surface area (Å²) in [5.74, 6) is -0.0662. The van der Waals surface area contributed by atoms with Crippen LogP contribution in [0.3, 0.4) is 0 Å². The lowest BCUT2D eigenvalue weighted by Gasteiger charge is -2.12. The van der Waals surface area contributed by atoms with Gasteiger partial charge in [0.1, 0.15) is 5.56 Å². The summed E-state index contributed by atoms with van der Waals surface area (Å²) in [6.45, 7) is 0.121. The van der Waals surface area contributed by atoms with Gasteiger partial charge < -0.3 is 15.2 Å². The van der Waals surface area contributed by atoms with Crippen molar-refractivity contribution in [2.75, 3.05) is 19.9 Å². The van der Waals surface area contributed by atoms with Crippen molar-refractivity contribution in [2.24, 2.45) is 7.05 Å². The van der Waals surface area contributed by atoms with Crippen LogP contribution in [0.1, 0.15) is 22.0 Å². The number of carbonyl (C=O) groups excluding carboxylic acids is 1. The molecule has 1 amide bonds. The first-order valence-corrected chi connectivity index (χ1v) is 7.95. The minimum absolute atomic E-state index is 0.121. The Labute approximate surface area is 133 Å². The van der Waals surface area contributed by atoms with Gasteiger partial charge in [0.2, 0.25) is 5.88 Å². The number of ether oxygens (including phenoxy) is 1. The molecule has 1 aromatic heterocycles. The van der Waals surface area contributed by atoms with E-state index in [0.29, 0.717) is 5.56 Å². The lowest BCUT2D eigenvalue weighted by atomic mass is 10.1. The molecule has 1 aromatic carbocycles. The summed E-state index contributed by atoms with van der Waals surface area (Å²) in [6.07, 6.45) is 2.81. The Hall–Kier alpha value is -1.99. The second-order valence-corrected chi connectivity index (χ2v) is 5.60. The fourth-order valence-corrected chi connectivity index (χ4v) is 2.41. The van der Waals surface area contributed by atoms with Gasteiger partial charge in [-0.1, -0.05) is 12.1 Å². The smallest absolute Gasteiger partial charge is 0.258 e. The fourth-order valence-electron chi connectivity index (χ4n) is 2.00. The average molecular weight is 321 g/mol. The van der Waals surface area contributed by atoms with Gasteiger partial charge in [0, 0.05) is 24.7 Å². The Morgan fingerprint density at radius 3 is 2.73 bits per heavy atom. The summed E-state index contributed by atoms with van der Waals surface area (Å²) in [5, 5.41) is 16.8. The molecule has 0 saturated carbocycles. The number of carbonyl (C=O) groups is 1. The number of hydrogen-bond donors (Lipinski definition) is 2. The van der Waals surface area contributed by atoms with Crippen LogP contribution in [0.5, 0.6) is 5.88 Å². The predicted octanol–water partition coefficient (Wildman–Crippen LogP) is 1.61. The molecule has 0 bridgehead atoms. The maximum Gasteiger partial charge on any atom is 0.258 e. The Bertz CT molecular complexity index is 640. The molecule has 0 unspecified atom stereocenters. The third-order valence-corrected chi connectivity index (χ3v) is 3.93. The largest absolute Gasteiger partial charge is 0.479 e. The van der Waals surface area contributed by atoms with Gasteiger partial charge in [-0.2, -0.15) is 0 Å². The molecular weight excluding hydrogens is 302 g/mol. The number of hydrogen-bond acceptors (Lipinski definition) is 5. The average Bonchev–Trinajstić information content (AvgIpc) is 2.93. The Morgan fingerprint density at radius 1 is 1.45 bits per heavy atom. The zero-order valence-electron chi connectivity index (χ0n) is 12.7. The molecule has 0 aliphatic heterocycles. The second-order valence-electron chi connectivity index (χ2n) is 4.72. The SMILES string of the molecule is COc1nn(C)cc1C(=O)NC[C@H](O)c1ccc(SC)cc1. The molecular formula is C15H19N3O3S. The third kappa shape index (κ3) is 3.80. The second kappa shape index (κ2) is 7.33. The Balaban J connectivity index is 1.97. The summed E-state index contributed by atoms with van der Waals surface area (Å²) < 4.78 is 6.55. The normalized spacial score (nSPS) is 12.0. The highest BCUT2D eigenvalue weighted by Gasteiger charge is 2.17. The molecule has 7 heteroatoms. The quantitative estimate of drug-likeness (QED) is 0.791. The van der Waals surface area contributed by atoms with Crippen LogP contribution in [-0.2, 0) is 7.05 Å². The van der Waals surface area contributed by atoms with Gasteiger partial charge in [0.15, 0.2) is 0 Å². The number of methoxy groups -OCH3 is 1. The lowest BCUT2D eigenvalue weighted by molar-refractivity contribution is 0.0913. The number of thioether (sulfide) groups is 1. The molecule has 0 fully saturated rings. The van der Waals surface area contributed by atoms with Crippen LogP contribution in [0.2, 0.25) is 0 Å². The van der Waals surface area contributed by atoms with E-state index in [1.807, 2.05) is 30.5 Å². The molecule has 0 aliphatic carbocycles. The van der Waals surface area contributed by atoms with Crippen LogP contribution < -0.4 is 10.1 Å². The van der Waals surface area contributed by atoms with Crippen molar-refractivity contribution in [1.82, 2.24) is 15.1 Å². The number of amides is 1. The Kier molecular flexibility index (Phi) is 5.46. The number of nitrogens with one attached hydrogen (secondary N) is 1. The van der Waals surface area contributed by atoms with Crippen LogP contribution in [0.4, 0.5) is 0 Å². The third-order valence-electron chi connectivity index (χ3n) is 3.19. The van der Waals surface area contributed by atoms with E-state index >= 15 is 0 Å². The van der Waals surface area contributed by atoms with E-state index in [1.54, 1.807) is 25.0 Å². The van der Waals surface area contributed by atoms with E-state index in [4.69, 9.17) is 4.74 Å². The van der Waals surface area contributed by atoms with E-state index < -0.39 is 6.10 Å². The lowest BCUT2D eigenvalue weighted by Crippen LogP contribution is -2.28. The molecule has 1 atom stereocenters. The maximum absolute atomic E-state index is 12.1. The van der Waals surface area contributed by atoms with Gasteiger partial charge in [-0.05, 0) is 24.0 Å². The standard InChI is InChI=1S/C15H19N3O3S/c1-18-9-12(15(17-18)21-2)14(20)16-8-13(19)10-4-6-11(22-3)7-5-10/h4-7,9,13,19H,8H2,1-3H3,(H,16,20)/t13-/m0/s1. The molecule has 0 saturated heterocycles. The van der Waals surface area contributed by atoms with Crippen molar-refractivity contribution < 1.29 is 14.6 Å². The van der Waals surface area contributed by atoms with E-state index in [9.17, 15) is 9.90 Å². The van der Waals surface area contributed by atoms with Gasteiger partial charge in [-0.15, -0.1) is 16.9 Å². The summed E-state index contributed by atoms with van der Waals surface area (Å²) >= 11 is 1.64. The van der Waals surface area contributed by atoms with Crippen LogP contribution in [0.15, 0.2) is 35.4 Å². The number of benzene rings is 1. The number of aromatic nitrogens is 2. The minimum atomic E-state index is -0.762. The molecule has 22 heavy (non-hydrogen) atoms. The van der Waals surface area contributed by atoms with Crippen molar-refractivity contribution in [3.8, 4) is 5.88 Å². The minimum Gasteiger partial charge on any atom is -0.479 e. The zero-order valence-corrected chi connectivity index (χ0v) is 13.6. The molecule has 0 aliphatic rings. The van der Waals surface area contributed by atoms with Gasteiger partial charge in [0.25, 0.3) is 5.91 Å². The number of aliphatic hydroxyl groups excluding tert-OH is 1. The summed E-state index contributed by atoms with van der Waals surface area (Å²) in [7, 11) is 3.17. The van der Waals surface area contributed by atoms with Crippen molar-refractivity contribution in [2.45, 2.75) is 11.0 Å². The molecule has 0 radical (unpaired) electrons. The number of aryl methyl sites for hydroxylation is 1. The van der Waals surface area contributed by atoms with Crippen LogP contribution in [0.25, 0.3) is 0 Å². The number of nitrogens with zero attached hydrogens (tertiary/aromatic N) is 2. The number of aliphatic hydroxyl groups is 1. The van der Waals surface area contributed by atoms with E-state index in [-0.39, 0.29) is 18.3 Å². The van der Waals surface area contributed by atoms with Crippen LogP contribution in [0, 0.1) is 0 Å². The number of rotatable bonds is 6. The first kappa shape index (κ1) is 16.4. The molecule has 1 heterocycles. The highest BCUT2D eigenvalue weighted by Crippen LogP contribution is 2.19. The van der Waals surface area contributed by atoms with Gasteiger partial charge in [0.05, 0.1) is 13.2 Å². The van der Waals surface area contributed by atoms with Crippen LogP contribution >= 0.6 is 11.8 Å². The first-order valence-electron chi connectivity index (χ1n) is 6.73. The fraction of sp³-hybridized carbons (Fsp3) is 0.333. The van der Waals surface area contributed by atoms with Crippen molar-refractivity contribution in [3.05, 3.63) is 41.6 Å². The molecule has 2 aromatic rings. The van der Waals surface area contributed by atoms with E-state index in [2.05, 4.69) is 10.4 Å². The van der Waals surface area contributed by atoms with Crippen molar-refractivity contribution >= 4 is 17.7 Å². The van der Waals surface area contributed by atoms with Crippen LogP contribution in [-0.4, -0.2) is 40.7 Å². The van der Waals surface area contributed by atoms with E-state index in [1.165, 1.54) is 11.8 Å².